The van der Waals surface area contributed by atoms with Crippen molar-refractivity contribution in [1.29, 1.82) is 0 Å². The van der Waals surface area contributed by atoms with Gasteiger partial charge in [-0.3, -0.25) is 14.5 Å². The molecule has 1 aliphatic rings. The zero-order valence-electron chi connectivity index (χ0n) is 15.9. The van der Waals surface area contributed by atoms with E-state index < -0.39 is 0 Å². The van der Waals surface area contributed by atoms with E-state index in [0.29, 0.717) is 26.1 Å². The minimum atomic E-state index is 0.101. The van der Waals surface area contributed by atoms with Crippen molar-refractivity contribution < 1.29 is 9.53 Å². The van der Waals surface area contributed by atoms with Gasteiger partial charge in [-0.05, 0) is 50.8 Å². The molecule has 1 aliphatic heterocycles. The highest BCUT2D eigenvalue weighted by Crippen LogP contribution is 2.17. The summed E-state index contributed by atoms with van der Waals surface area (Å²) in [5.74, 6) is 0.185. The SMILES string of the molecule is Cc1nn(CCC(=O)N2CCC[C@@H](OCc3cccnc3)C2)c(C)c1C. The van der Waals surface area contributed by atoms with Crippen molar-refractivity contribution in [2.75, 3.05) is 13.1 Å². The van der Waals surface area contributed by atoms with E-state index in [0.717, 1.165) is 36.3 Å². The van der Waals surface area contributed by atoms with Crippen molar-refractivity contribution in [2.24, 2.45) is 0 Å². The molecule has 26 heavy (non-hydrogen) atoms. The Morgan fingerprint density at radius 1 is 1.35 bits per heavy atom. The molecule has 0 aromatic carbocycles. The molecule has 1 amide bonds. The van der Waals surface area contributed by atoms with Crippen LogP contribution in [0, 0.1) is 20.8 Å². The number of pyridine rings is 1. The van der Waals surface area contributed by atoms with E-state index in [1.807, 2.05) is 34.8 Å². The van der Waals surface area contributed by atoms with Crippen molar-refractivity contribution >= 4 is 5.91 Å². The number of nitrogens with zero attached hydrogens (tertiary/aromatic N) is 4. The van der Waals surface area contributed by atoms with Gasteiger partial charge >= 0.3 is 0 Å². The normalized spacial score (nSPS) is 17.5. The number of ether oxygens (including phenoxy) is 1. The van der Waals surface area contributed by atoms with Gasteiger partial charge in [0.25, 0.3) is 0 Å². The van der Waals surface area contributed by atoms with E-state index >= 15 is 0 Å². The molecule has 0 radical (unpaired) electrons. The lowest BCUT2D eigenvalue weighted by Gasteiger charge is -2.32. The summed E-state index contributed by atoms with van der Waals surface area (Å²) in [7, 11) is 0. The van der Waals surface area contributed by atoms with Gasteiger partial charge in [-0.1, -0.05) is 6.07 Å². The summed E-state index contributed by atoms with van der Waals surface area (Å²) in [5.41, 5.74) is 4.46. The second-order valence-corrected chi connectivity index (χ2v) is 7.05. The molecular formula is C20H28N4O2. The van der Waals surface area contributed by atoms with E-state index in [2.05, 4.69) is 23.9 Å². The Morgan fingerprint density at radius 2 is 2.19 bits per heavy atom. The number of carbonyl (C=O) groups excluding carboxylic acids is 1. The molecule has 1 saturated heterocycles. The van der Waals surface area contributed by atoms with Crippen LogP contribution in [0.4, 0.5) is 0 Å². The number of likely N-dealkylation sites (tertiary alicyclic amines) is 1. The van der Waals surface area contributed by atoms with E-state index in [-0.39, 0.29) is 12.0 Å². The fourth-order valence-electron chi connectivity index (χ4n) is 3.36. The maximum atomic E-state index is 12.6. The molecule has 0 saturated carbocycles. The molecule has 0 spiro atoms. The van der Waals surface area contributed by atoms with Crippen LogP contribution in [0.1, 0.15) is 41.8 Å². The minimum absolute atomic E-state index is 0.101. The molecule has 0 bridgehead atoms. The van der Waals surface area contributed by atoms with Crippen LogP contribution in [-0.4, -0.2) is 44.8 Å². The summed E-state index contributed by atoms with van der Waals surface area (Å²) in [6.07, 6.45) is 6.15. The Labute approximate surface area is 155 Å². The molecule has 6 nitrogen and oxygen atoms in total. The monoisotopic (exact) mass is 356 g/mol. The number of amides is 1. The Morgan fingerprint density at radius 3 is 2.88 bits per heavy atom. The third kappa shape index (κ3) is 4.49. The molecule has 1 fully saturated rings. The minimum Gasteiger partial charge on any atom is -0.372 e. The van der Waals surface area contributed by atoms with E-state index in [9.17, 15) is 4.79 Å². The highest BCUT2D eigenvalue weighted by molar-refractivity contribution is 5.76. The first-order chi connectivity index (χ1) is 12.5. The number of aromatic nitrogens is 3. The largest absolute Gasteiger partial charge is 0.372 e. The van der Waals surface area contributed by atoms with Gasteiger partial charge < -0.3 is 9.64 Å². The van der Waals surface area contributed by atoms with Gasteiger partial charge in [-0.2, -0.15) is 5.10 Å². The Balaban J connectivity index is 1.48. The van der Waals surface area contributed by atoms with Gasteiger partial charge in [-0.25, -0.2) is 0 Å². The van der Waals surface area contributed by atoms with Gasteiger partial charge in [0.15, 0.2) is 0 Å². The van der Waals surface area contributed by atoms with Gasteiger partial charge in [0.1, 0.15) is 0 Å². The summed E-state index contributed by atoms with van der Waals surface area (Å²) in [4.78, 5) is 18.7. The van der Waals surface area contributed by atoms with Crippen LogP contribution in [0.15, 0.2) is 24.5 Å². The third-order valence-corrected chi connectivity index (χ3v) is 5.22. The molecule has 140 valence electrons. The average Bonchev–Trinajstić information content (AvgIpc) is 2.92. The van der Waals surface area contributed by atoms with Crippen LogP contribution in [-0.2, 0) is 22.7 Å². The van der Waals surface area contributed by atoms with Crippen LogP contribution in [0.2, 0.25) is 0 Å². The molecule has 3 heterocycles. The first kappa shape index (κ1) is 18.6. The summed E-state index contributed by atoms with van der Waals surface area (Å²) >= 11 is 0. The number of aryl methyl sites for hydroxylation is 2. The molecule has 3 rings (SSSR count). The van der Waals surface area contributed by atoms with Crippen molar-refractivity contribution in [3.05, 3.63) is 47.0 Å². The zero-order chi connectivity index (χ0) is 18.5. The van der Waals surface area contributed by atoms with Crippen LogP contribution < -0.4 is 0 Å². The average molecular weight is 356 g/mol. The summed E-state index contributed by atoms with van der Waals surface area (Å²) < 4.78 is 7.95. The highest BCUT2D eigenvalue weighted by Gasteiger charge is 2.24. The van der Waals surface area contributed by atoms with Crippen LogP contribution in [0.25, 0.3) is 0 Å². The zero-order valence-corrected chi connectivity index (χ0v) is 15.9. The lowest BCUT2D eigenvalue weighted by Crippen LogP contribution is -2.43. The number of hydrogen-bond donors (Lipinski definition) is 0. The lowest BCUT2D eigenvalue weighted by molar-refractivity contribution is -0.135. The van der Waals surface area contributed by atoms with Crippen molar-refractivity contribution in [3.8, 4) is 0 Å². The number of carbonyl (C=O) groups is 1. The van der Waals surface area contributed by atoms with Crippen LogP contribution >= 0.6 is 0 Å². The first-order valence-corrected chi connectivity index (χ1v) is 9.33. The van der Waals surface area contributed by atoms with E-state index in [4.69, 9.17) is 4.74 Å². The molecule has 2 aromatic heterocycles. The van der Waals surface area contributed by atoms with E-state index in [1.165, 1.54) is 5.56 Å². The van der Waals surface area contributed by atoms with Gasteiger partial charge in [0, 0.05) is 44.1 Å². The second-order valence-electron chi connectivity index (χ2n) is 7.05. The topological polar surface area (TPSA) is 60.2 Å². The van der Waals surface area contributed by atoms with Crippen molar-refractivity contribution in [1.82, 2.24) is 19.7 Å². The lowest BCUT2D eigenvalue weighted by atomic mass is 10.1. The maximum Gasteiger partial charge on any atom is 0.224 e. The third-order valence-electron chi connectivity index (χ3n) is 5.22. The standard InChI is InChI=1S/C20H28N4O2/c1-15-16(2)22-24(17(15)3)11-8-20(25)23-10-5-7-19(13-23)26-14-18-6-4-9-21-12-18/h4,6,9,12,19H,5,7-8,10-11,13-14H2,1-3H3/t19-/m1/s1. The second kappa shape index (κ2) is 8.45. The van der Waals surface area contributed by atoms with Crippen molar-refractivity contribution in [2.45, 2.75) is 59.3 Å². The summed E-state index contributed by atoms with van der Waals surface area (Å²) in [6, 6.07) is 3.92. The highest BCUT2D eigenvalue weighted by atomic mass is 16.5. The molecule has 0 N–H and O–H groups in total. The first-order valence-electron chi connectivity index (χ1n) is 9.33. The number of hydrogen-bond acceptors (Lipinski definition) is 4. The van der Waals surface area contributed by atoms with E-state index in [1.54, 1.807) is 6.20 Å². The number of rotatable bonds is 6. The number of piperidine rings is 1. The Hall–Kier alpha value is -2.21. The molecule has 0 aliphatic carbocycles. The summed E-state index contributed by atoms with van der Waals surface area (Å²) in [5, 5.41) is 4.52. The fourth-order valence-corrected chi connectivity index (χ4v) is 3.36. The molecule has 0 unspecified atom stereocenters. The fraction of sp³-hybridized carbons (Fsp3) is 0.550. The van der Waals surface area contributed by atoms with Crippen LogP contribution in [0.3, 0.4) is 0 Å². The predicted molar refractivity (Wildman–Crippen MR) is 99.7 cm³/mol. The Kier molecular flexibility index (Phi) is 6.04. The van der Waals surface area contributed by atoms with Gasteiger partial charge in [0.05, 0.1) is 18.4 Å². The molecule has 1 atom stereocenters. The quantitative estimate of drug-likeness (QED) is 0.798. The molecule has 6 heteroatoms. The van der Waals surface area contributed by atoms with Gasteiger partial charge in [-0.15, -0.1) is 0 Å². The summed E-state index contributed by atoms with van der Waals surface area (Å²) in [6.45, 7) is 8.82. The molecule has 2 aromatic rings. The molecular weight excluding hydrogens is 328 g/mol. The predicted octanol–water partition coefficient (Wildman–Crippen LogP) is 2.80. The van der Waals surface area contributed by atoms with Crippen molar-refractivity contribution in [3.63, 3.8) is 0 Å². The van der Waals surface area contributed by atoms with Gasteiger partial charge in [0.2, 0.25) is 5.91 Å². The Bertz CT molecular complexity index is 742. The maximum absolute atomic E-state index is 12.6. The van der Waals surface area contributed by atoms with Crippen LogP contribution in [0.5, 0.6) is 0 Å². The smallest absolute Gasteiger partial charge is 0.224 e.